The Bertz CT molecular complexity index is 130. The van der Waals surface area contributed by atoms with E-state index in [1.54, 1.807) is 25.7 Å². The van der Waals surface area contributed by atoms with E-state index in [-0.39, 0.29) is 0 Å². The van der Waals surface area contributed by atoms with Crippen LogP contribution in [0.15, 0.2) is 0 Å². The van der Waals surface area contributed by atoms with Crippen LogP contribution in [0.5, 0.6) is 0 Å². The molecule has 0 aliphatic heterocycles. The number of hydrogen-bond acceptors (Lipinski definition) is 0. The standard InChI is InChI=1S/C11H20/c1-3-9-7-11(5-6-11)8-10(9)4-2/h9-10H,3-8H2,1-2H3. The SMILES string of the molecule is CCC1CC2(CC2)CC1CC. The minimum atomic E-state index is 0.890. The summed E-state index contributed by atoms with van der Waals surface area (Å²) in [6.45, 7) is 4.74. The van der Waals surface area contributed by atoms with Crippen LogP contribution in [0.4, 0.5) is 0 Å². The van der Waals surface area contributed by atoms with Gasteiger partial charge in [-0.2, -0.15) is 0 Å². The summed E-state index contributed by atoms with van der Waals surface area (Å²) >= 11 is 0. The zero-order chi connectivity index (χ0) is 7.90. The van der Waals surface area contributed by atoms with Crippen LogP contribution in [0, 0.1) is 17.3 Å². The van der Waals surface area contributed by atoms with Gasteiger partial charge in [-0.25, -0.2) is 0 Å². The Morgan fingerprint density at radius 3 is 1.73 bits per heavy atom. The van der Waals surface area contributed by atoms with E-state index in [0.717, 1.165) is 17.3 Å². The average molecular weight is 152 g/mol. The largest absolute Gasteiger partial charge is 0.0651 e. The molecule has 0 radical (unpaired) electrons. The summed E-state index contributed by atoms with van der Waals surface area (Å²) in [5.74, 6) is 2.17. The van der Waals surface area contributed by atoms with Crippen molar-refractivity contribution >= 4 is 0 Å². The van der Waals surface area contributed by atoms with Gasteiger partial charge in [0.2, 0.25) is 0 Å². The van der Waals surface area contributed by atoms with E-state index in [4.69, 9.17) is 0 Å². The number of rotatable bonds is 2. The maximum atomic E-state index is 2.37. The Balaban J connectivity index is 1.99. The van der Waals surface area contributed by atoms with Crippen LogP contribution in [0.25, 0.3) is 0 Å². The van der Waals surface area contributed by atoms with Gasteiger partial charge in [0.05, 0.1) is 0 Å². The molecule has 11 heavy (non-hydrogen) atoms. The Labute approximate surface area is 70.4 Å². The van der Waals surface area contributed by atoms with Gasteiger partial charge in [0.15, 0.2) is 0 Å². The van der Waals surface area contributed by atoms with E-state index in [0.29, 0.717) is 0 Å². The molecule has 2 unspecified atom stereocenters. The van der Waals surface area contributed by atoms with Gasteiger partial charge in [0.1, 0.15) is 0 Å². The fourth-order valence-corrected chi connectivity index (χ4v) is 3.07. The number of hydrogen-bond donors (Lipinski definition) is 0. The van der Waals surface area contributed by atoms with E-state index >= 15 is 0 Å². The molecular formula is C11H20. The molecule has 2 fully saturated rings. The third kappa shape index (κ3) is 1.21. The van der Waals surface area contributed by atoms with Crippen molar-refractivity contribution in [3.63, 3.8) is 0 Å². The second-order valence-electron chi connectivity index (χ2n) is 4.74. The molecule has 0 aromatic heterocycles. The smallest absolute Gasteiger partial charge is 0.0292 e. The summed E-state index contributed by atoms with van der Waals surface area (Å²) in [5.41, 5.74) is 0.890. The fraction of sp³-hybridized carbons (Fsp3) is 1.00. The van der Waals surface area contributed by atoms with Crippen molar-refractivity contribution < 1.29 is 0 Å². The summed E-state index contributed by atoms with van der Waals surface area (Å²) in [4.78, 5) is 0. The highest BCUT2D eigenvalue weighted by Gasteiger charge is 2.51. The minimum Gasteiger partial charge on any atom is -0.0651 e. The Hall–Kier alpha value is 0. The van der Waals surface area contributed by atoms with Crippen LogP contribution in [0.3, 0.4) is 0 Å². The van der Waals surface area contributed by atoms with Gasteiger partial charge < -0.3 is 0 Å². The Kier molecular flexibility index (Phi) is 1.74. The zero-order valence-corrected chi connectivity index (χ0v) is 7.90. The highest BCUT2D eigenvalue weighted by Crippen LogP contribution is 2.62. The lowest BCUT2D eigenvalue weighted by molar-refractivity contribution is 0.367. The quantitative estimate of drug-likeness (QED) is 0.567. The van der Waals surface area contributed by atoms with E-state index in [1.165, 1.54) is 12.8 Å². The average Bonchev–Trinajstić information content (AvgIpc) is 2.64. The van der Waals surface area contributed by atoms with Crippen LogP contribution in [0.1, 0.15) is 52.4 Å². The van der Waals surface area contributed by atoms with E-state index < -0.39 is 0 Å². The lowest BCUT2D eigenvalue weighted by Crippen LogP contribution is -2.04. The van der Waals surface area contributed by atoms with Gasteiger partial charge in [-0.05, 0) is 42.9 Å². The first kappa shape index (κ1) is 7.64. The Morgan fingerprint density at radius 2 is 1.45 bits per heavy atom. The molecule has 2 saturated carbocycles. The van der Waals surface area contributed by atoms with Gasteiger partial charge in [0.25, 0.3) is 0 Å². The predicted octanol–water partition coefficient (Wildman–Crippen LogP) is 3.61. The van der Waals surface area contributed by atoms with Gasteiger partial charge in [-0.15, -0.1) is 0 Å². The van der Waals surface area contributed by atoms with Gasteiger partial charge in [0, 0.05) is 0 Å². The minimum absolute atomic E-state index is 0.890. The molecular weight excluding hydrogens is 132 g/mol. The Morgan fingerprint density at radius 1 is 1.00 bits per heavy atom. The van der Waals surface area contributed by atoms with Gasteiger partial charge in [-0.1, -0.05) is 26.7 Å². The molecule has 0 aromatic carbocycles. The molecule has 0 heterocycles. The van der Waals surface area contributed by atoms with Crippen molar-refractivity contribution in [1.29, 1.82) is 0 Å². The van der Waals surface area contributed by atoms with Crippen molar-refractivity contribution in [3.05, 3.63) is 0 Å². The molecule has 0 heteroatoms. The van der Waals surface area contributed by atoms with Crippen molar-refractivity contribution in [2.24, 2.45) is 17.3 Å². The first-order chi connectivity index (χ1) is 5.29. The molecule has 0 amide bonds. The molecule has 2 atom stereocenters. The zero-order valence-electron chi connectivity index (χ0n) is 7.90. The summed E-state index contributed by atoms with van der Waals surface area (Å²) in [7, 11) is 0. The topological polar surface area (TPSA) is 0 Å². The highest BCUT2D eigenvalue weighted by molar-refractivity contribution is 5.02. The molecule has 1 spiro atoms. The first-order valence-corrected chi connectivity index (χ1v) is 5.29. The molecule has 2 aliphatic carbocycles. The van der Waals surface area contributed by atoms with Gasteiger partial charge in [-0.3, -0.25) is 0 Å². The molecule has 0 nitrogen and oxygen atoms in total. The lowest BCUT2D eigenvalue weighted by Gasteiger charge is -2.14. The molecule has 0 N–H and O–H groups in total. The lowest BCUT2D eigenvalue weighted by atomic mass is 9.92. The van der Waals surface area contributed by atoms with Crippen molar-refractivity contribution in [3.8, 4) is 0 Å². The maximum Gasteiger partial charge on any atom is -0.0292 e. The second-order valence-corrected chi connectivity index (χ2v) is 4.74. The second kappa shape index (κ2) is 2.50. The third-order valence-electron chi connectivity index (χ3n) is 4.06. The molecule has 64 valence electrons. The van der Waals surface area contributed by atoms with Crippen molar-refractivity contribution in [1.82, 2.24) is 0 Å². The summed E-state index contributed by atoms with van der Waals surface area (Å²) in [6, 6.07) is 0. The molecule has 0 aromatic rings. The molecule has 0 saturated heterocycles. The third-order valence-corrected chi connectivity index (χ3v) is 4.06. The maximum absolute atomic E-state index is 2.37. The van der Waals surface area contributed by atoms with Crippen LogP contribution in [0.2, 0.25) is 0 Å². The summed E-state index contributed by atoms with van der Waals surface area (Å²) in [5, 5.41) is 0. The molecule has 2 aliphatic rings. The van der Waals surface area contributed by atoms with Crippen molar-refractivity contribution in [2.45, 2.75) is 52.4 Å². The summed E-state index contributed by atoms with van der Waals surface area (Å²) in [6.07, 6.45) is 9.12. The molecule has 2 rings (SSSR count). The van der Waals surface area contributed by atoms with Crippen LogP contribution in [-0.4, -0.2) is 0 Å². The predicted molar refractivity (Wildman–Crippen MR) is 48.5 cm³/mol. The first-order valence-electron chi connectivity index (χ1n) is 5.29. The highest BCUT2D eigenvalue weighted by atomic mass is 14.6. The van der Waals surface area contributed by atoms with Crippen LogP contribution < -0.4 is 0 Å². The normalized spacial score (nSPS) is 39.8. The monoisotopic (exact) mass is 152 g/mol. The van der Waals surface area contributed by atoms with Crippen LogP contribution >= 0.6 is 0 Å². The van der Waals surface area contributed by atoms with E-state index in [9.17, 15) is 0 Å². The van der Waals surface area contributed by atoms with E-state index in [2.05, 4.69) is 13.8 Å². The fourth-order valence-electron chi connectivity index (χ4n) is 3.07. The van der Waals surface area contributed by atoms with Gasteiger partial charge >= 0.3 is 0 Å². The van der Waals surface area contributed by atoms with Crippen molar-refractivity contribution in [2.75, 3.05) is 0 Å². The summed E-state index contributed by atoms with van der Waals surface area (Å²) < 4.78 is 0. The van der Waals surface area contributed by atoms with Crippen LogP contribution in [-0.2, 0) is 0 Å². The van der Waals surface area contributed by atoms with E-state index in [1.807, 2.05) is 0 Å². The molecule has 0 bridgehead atoms.